The average Bonchev–Trinajstić information content (AvgIpc) is 2.25. The van der Waals surface area contributed by atoms with Gasteiger partial charge in [0.15, 0.2) is 0 Å². The van der Waals surface area contributed by atoms with Gasteiger partial charge < -0.3 is 14.6 Å². The molecule has 0 radical (unpaired) electrons. The Morgan fingerprint density at radius 1 is 1.33 bits per heavy atom. The van der Waals surface area contributed by atoms with Crippen molar-refractivity contribution in [1.82, 2.24) is 4.98 Å². The second kappa shape index (κ2) is 6.37. The molecule has 84 valence electrons. The molecule has 0 amide bonds. The minimum Gasteiger partial charge on any atom is -0.475 e. The van der Waals surface area contributed by atoms with Gasteiger partial charge in [0, 0.05) is 12.3 Å². The van der Waals surface area contributed by atoms with Crippen LogP contribution in [0.15, 0.2) is 24.4 Å². The average molecular weight is 211 g/mol. The monoisotopic (exact) mass is 211 g/mol. The predicted octanol–water partition coefficient (Wildman–Crippen LogP) is 1.25. The fourth-order valence-electron chi connectivity index (χ4n) is 0.966. The van der Waals surface area contributed by atoms with Crippen LogP contribution in [0.4, 0.5) is 0 Å². The van der Waals surface area contributed by atoms with Gasteiger partial charge in [0.05, 0.1) is 12.7 Å². The van der Waals surface area contributed by atoms with Gasteiger partial charge in [-0.2, -0.15) is 0 Å². The topological polar surface area (TPSA) is 51.6 Å². The molecule has 0 aliphatic rings. The lowest BCUT2D eigenvalue weighted by Gasteiger charge is -2.13. The second-order valence-electron chi connectivity index (χ2n) is 3.51. The van der Waals surface area contributed by atoms with Crippen LogP contribution in [-0.4, -0.2) is 35.5 Å². The Bertz CT molecular complexity index is 264. The maximum atomic E-state index is 9.48. The number of hydrogen-bond acceptors (Lipinski definition) is 4. The highest BCUT2D eigenvalue weighted by Gasteiger charge is 2.06. The third-order valence-electron chi connectivity index (χ3n) is 1.68. The first-order valence-electron chi connectivity index (χ1n) is 5.02. The van der Waals surface area contributed by atoms with Gasteiger partial charge in [-0.15, -0.1) is 0 Å². The normalized spacial score (nSPS) is 12.8. The lowest BCUT2D eigenvalue weighted by atomic mass is 10.4. The molecule has 1 atom stereocenters. The number of pyridine rings is 1. The zero-order chi connectivity index (χ0) is 11.1. The number of hydrogen-bond donors (Lipinski definition) is 1. The van der Waals surface area contributed by atoms with Gasteiger partial charge in [0.25, 0.3) is 0 Å². The van der Waals surface area contributed by atoms with Crippen LogP contribution in [0.25, 0.3) is 0 Å². The second-order valence-corrected chi connectivity index (χ2v) is 3.51. The van der Waals surface area contributed by atoms with E-state index in [-0.39, 0.29) is 19.3 Å². The Morgan fingerprint density at radius 3 is 2.73 bits per heavy atom. The zero-order valence-corrected chi connectivity index (χ0v) is 9.09. The molecule has 0 bridgehead atoms. The highest BCUT2D eigenvalue weighted by atomic mass is 16.5. The zero-order valence-electron chi connectivity index (χ0n) is 9.09. The molecule has 0 fully saturated rings. The van der Waals surface area contributed by atoms with Gasteiger partial charge in [0.1, 0.15) is 12.7 Å². The minimum atomic E-state index is -0.616. The predicted molar refractivity (Wildman–Crippen MR) is 56.8 cm³/mol. The number of aromatic nitrogens is 1. The van der Waals surface area contributed by atoms with Crippen LogP contribution >= 0.6 is 0 Å². The van der Waals surface area contributed by atoms with Crippen LogP contribution in [0.3, 0.4) is 0 Å². The van der Waals surface area contributed by atoms with Gasteiger partial charge in [-0.3, -0.25) is 0 Å². The van der Waals surface area contributed by atoms with Crippen molar-refractivity contribution in [2.45, 2.75) is 26.1 Å². The Morgan fingerprint density at radius 2 is 2.13 bits per heavy atom. The van der Waals surface area contributed by atoms with E-state index < -0.39 is 6.10 Å². The molecular formula is C11H17NO3. The Kier molecular flexibility index (Phi) is 5.07. The molecule has 1 N–H and O–H groups in total. The van der Waals surface area contributed by atoms with Crippen molar-refractivity contribution >= 4 is 0 Å². The Hall–Kier alpha value is -1.13. The molecule has 15 heavy (non-hydrogen) atoms. The smallest absolute Gasteiger partial charge is 0.213 e. The molecule has 0 aliphatic heterocycles. The van der Waals surface area contributed by atoms with Crippen LogP contribution in [0, 0.1) is 0 Å². The molecule has 4 heteroatoms. The fourth-order valence-corrected chi connectivity index (χ4v) is 0.966. The summed E-state index contributed by atoms with van der Waals surface area (Å²) in [6.45, 7) is 4.33. The molecule has 0 saturated carbocycles. The maximum Gasteiger partial charge on any atom is 0.213 e. The number of nitrogens with zero attached hydrogens (tertiary/aromatic N) is 1. The largest absolute Gasteiger partial charge is 0.475 e. The van der Waals surface area contributed by atoms with E-state index in [1.807, 2.05) is 26.0 Å². The summed E-state index contributed by atoms with van der Waals surface area (Å²) in [6, 6.07) is 5.39. The molecule has 1 unspecified atom stereocenters. The van der Waals surface area contributed by atoms with Crippen molar-refractivity contribution < 1.29 is 14.6 Å². The molecule has 1 aromatic heterocycles. The van der Waals surface area contributed by atoms with E-state index in [1.165, 1.54) is 0 Å². The van der Waals surface area contributed by atoms with Gasteiger partial charge >= 0.3 is 0 Å². The standard InChI is InChI=1S/C11H17NO3/c1-9(2)14-7-10(13)8-15-11-5-3-4-6-12-11/h3-6,9-10,13H,7-8H2,1-2H3. The third-order valence-corrected chi connectivity index (χ3v) is 1.68. The molecule has 0 aliphatic carbocycles. The molecule has 0 spiro atoms. The summed E-state index contributed by atoms with van der Waals surface area (Å²) in [5, 5.41) is 9.48. The Labute approximate surface area is 89.9 Å². The molecule has 4 nitrogen and oxygen atoms in total. The van der Waals surface area contributed by atoms with E-state index in [1.54, 1.807) is 12.3 Å². The number of rotatable bonds is 6. The minimum absolute atomic E-state index is 0.120. The molecule has 1 rings (SSSR count). The summed E-state index contributed by atoms with van der Waals surface area (Å²) in [5.74, 6) is 0.515. The van der Waals surface area contributed by atoms with E-state index in [4.69, 9.17) is 9.47 Å². The summed E-state index contributed by atoms with van der Waals surface area (Å²) in [7, 11) is 0. The van der Waals surface area contributed by atoms with E-state index in [0.717, 1.165) is 0 Å². The van der Waals surface area contributed by atoms with Gasteiger partial charge in [-0.1, -0.05) is 6.07 Å². The fraction of sp³-hybridized carbons (Fsp3) is 0.545. The molecule has 1 aromatic rings. The quantitative estimate of drug-likeness (QED) is 0.769. The molecular weight excluding hydrogens is 194 g/mol. The number of aliphatic hydroxyl groups is 1. The highest BCUT2D eigenvalue weighted by molar-refractivity contribution is 5.09. The first-order valence-corrected chi connectivity index (χ1v) is 5.02. The van der Waals surface area contributed by atoms with Crippen molar-refractivity contribution in [2.75, 3.05) is 13.2 Å². The SMILES string of the molecule is CC(C)OCC(O)COc1ccccn1. The first kappa shape index (κ1) is 11.9. The molecule has 0 aromatic carbocycles. The van der Waals surface area contributed by atoms with E-state index in [2.05, 4.69) is 4.98 Å². The number of ether oxygens (including phenoxy) is 2. The summed E-state index contributed by atoms with van der Waals surface area (Å²) in [4.78, 5) is 3.97. The van der Waals surface area contributed by atoms with Crippen molar-refractivity contribution in [3.05, 3.63) is 24.4 Å². The van der Waals surface area contributed by atoms with Crippen molar-refractivity contribution in [3.63, 3.8) is 0 Å². The van der Waals surface area contributed by atoms with Crippen LogP contribution in [0.5, 0.6) is 5.88 Å². The molecule has 1 heterocycles. The number of aliphatic hydroxyl groups excluding tert-OH is 1. The lowest BCUT2D eigenvalue weighted by molar-refractivity contribution is -0.0129. The summed E-state index contributed by atoms with van der Waals surface area (Å²) in [5.41, 5.74) is 0. The van der Waals surface area contributed by atoms with Gasteiger partial charge in [0.2, 0.25) is 5.88 Å². The van der Waals surface area contributed by atoms with Gasteiger partial charge in [-0.25, -0.2) is 4.98 Å². The van der Waals surface area contributed by atoms with Gasteiger partial charge in [-0.05, 0) is 19.9 Å². The molecule has 0 saturated heterocycles. The van der Waals surface area contributed by atoms with Crippen molar-refractivity contribution in [1.29, 1.82) is 0 Å². The van der Waals surface area contributed by atoms with Crippen LogP contribution < -0.4 is 4.74 Å². The third kappa shape index (κ3) is 5.34. The van der Waals surface area contributed by atoms with E-state index >= 15 is 0 Å². The van der Waals surface area contributed by atoms with Crippen LogP contribution in [0.1, 0.15) is 13.8 Å². The van der Waals surface area contributed by atoms with Crippen LogP contribution in [-0.2, 0) is 4.74 Å². The van der Waals surface area contributed by atoms with Crippen molar-refractivity contribution in [3.8, 4) is 5.88 Å². The summed E-state index contributed by atoms with van der Waals surface area (Å²) < 4.78 is 10.5. The summed E-state index contributed by atoms with van der Waals surface area (Å²) >= 11 is 0. The van der Waals surface area contributed by atoms with E-state index in [9.17, 15) is 5.11 Å². The van der Waals surface area contributed by atoms with E-state index in [0.29, 0.717) is 5.88 Å². The van der Waals surface area contributed by atoms with Crippen LogP contribution in [0.2, 0.25) is 0 Å². The highest BCUT2D eigenvalue weighted by Crippen LogP contribution is 2.03. The lowest BCUT2D eigenvalue weighted by Crippen LogP contribution is -2.25. The Balaban J connectivity index is 2.19. The first-order chi connectivity index (χ1) is 7.18. The van der Waals surface area contributed by atoms with Crippen molar-refractivity contribution in [2.24, 2.45) is 0 Å². The maximum absolute atomic E-state index is 9.48. The summed E-state index contributed by atoms with van der Waals surface area (Å²) in [6.07, 6.45) is 1.15.